The van der Waals surface area contributed by atoms with Crippen LogP contribution in [0.2, 0.25) is 0 Å². The largest absolute Gasteiger partial charge is 0.448 e. The summed E-state index contributed by atoms with van der Waals surface area (Å²) in [6.07, 6.45) is -0.364. The van der Waals surface area contributed by atoms with Crippen LogP contribution in [-0.4, -0.2) is 60.5 Å². The van der Waals surface area contributed by atoms with Gasteiger partial charge in [0.25, 0.3) is 5.91 Å². The molecule has 1 fully saturated rings. The van der Waals surface area contributed by atoms with E-state index in [1.165, 1.54) is 0 Å². The van der Waals surface area contributed by atoms with Crippen molar-refractivity contribution in [3.63, 3.8) is 0 Å². The Hall–Kier alpha value is -1.02. The Morgan fingerprint density at radius 1 is 1.14 bits per heavy atom. The molecule has 2 amide bonds. The first kappa shape index (κ1) is 16.4. The maximum atomic E-state index is 12.4. The van der Waals surface area contributed by atoms with Gasteiger partial charge in [0.05, 0.1) is 11.4 Å². The maximum Gasteiger partial charge on any atom is 0.409 e. The van der Waals surface area contributed by atoms with Crippen molar-refractivity contribution in [2.24, 2.45) is 0 Å². The molecule has 0 spiro atoms. The maximum absolute atomic E-state index is 12.4. The number of ether oxygens (including phenoxy) is 1. The van der Waals surface area contributed by atoms with Gasteiger partial charge in [-0.25, -0.2) is 4.79 Å². The summed E-state index contributed by atoms with van der Waals surface area (Å²) in [5.74, 6) is 0.296. The summed E-state index contributed by atoms with van der Waals surface area (Å²) < 4.78 is 5.91. The number of hydrogen-bond donors (Lipinski definition) is 0. The fourth-order valence-electron chi connectivity index (χ4n) is 2.11. The fraction of sp³-hybridized carbons (Fsp3) is 0.429. The zero-order chi connectivity index (χ0) is 15.2. The fourth-order valence-corrected chi connectivity index (χ4v) is 2.81. The van der Waals surface area contributed by atoms with Gasteiger partial charge in [0.1, 0.15) is 6.61 Å². The van der Waals surface area contributed by atoms with Gasteiger partial charge in [-0.2, -0.15) is 0 Å². The van der Waals surface area contributed by atoms with Crippen LogP contribution in [0.3, 0.4) is 0 Å². The van der Waals surface area contributed by atoms with Crippen LogP contribution < -0.4 is 0 Å². The third-order valence-corrected chi connectivity index (χ3v) is 4.33. The number of carbonyl (C=O) groups excluding carboxylic acids is 2. The zero-order valence-electron chi connectivity index (χ0n) is 11.4. The van der Waals surface area contributed by atoms with E-state index < -0.39 is 0 Å². The number of carbonyl (C=O) groups is 2. The number of hydrogen-bond acceptors (Lipinski definition) is 3. The Bertz CT molecular complexity index is 519. The lowest BCUT2D eigenvalue weighted by molar-refractivity contribution is 0.0571. The van der Waals surface area contributed by atoms with Gasteiger partial charge in [-0.05, 0) is 34.7 Å². The first-order valence-electron chi connectivity index (χ1n) is 6.65. The van der Waals surface area contributed by atoms with Crippen LogP contribution in [0.1, 0.15) is 10.4 Å². The molecule has 0 aliphatic carbocycles. The number of nitrogens with zero attached hydrogens (tertiary/aromatic N) is 2. The van der Waals surface area contributed by atoms with Gasteiger partial charge in [-0.15, -0.1) is 11.6 Å². The highest BCUT2D eigenvalue weighted by Gasteiger charge is 2.26. The summed E-state index contributed by atoms with van der Waals surface area (Å²) in [7, 11) is 0. The Morgan fingerprint density at radius 2 is 1.76 bits per heavy atom. The zero-order valence-corrected chi connectivity index (χ0v) is 14.3. The van der Waals surface area contributed by atoms with Gasteiger partial charge in [0.2, 0.25) is 0 Å². The summed E-state index contributed by atoms with van der Waals surface area (Å²) >= 11 is 7.64. The van der Waals surface area contributed by atoms with E-state index in [1.807, 2.05) is 24.3 Å². The van der Waals surface area contributed by atoms with Crippen molar-refractivity contribution in [2.75, 3.05) is 38.7 Å². The molecule has 5 nitrogen and oxygen atoms in total. The lowest BCUT2D eigenvalue weighted by Gasteiger charge is -2.34. The van der Waals surface area contributed by atoms with E-state index in [1.54, 1.807) is 9.80 Å². The van der Waals surface area contributed by atoms with Crippen LogP contribution in [0.15, 0.2) is 24.3 Å². The minimum Gasteiger partial charge on any atom is -0.448 e. The highest BCUT2D eigenvalue weighted by molar-refractivity contribution is 14.1. The Morgan fingerprint density at radius 3 is 2.38 bits per heavy atom. The molecule has 21 heavy (non-hydrogen) atoms. The molecular formula is C14H16ClIN2O3. The number of alkyl halides is 1. The SMILES string of the molecule is O=C(OCCCl)N1CCN(C(=O)c2ccccc2I)CC1. The monoisotopic (exact) mass is 422 g/mol. The molecule has 1 aromatic rings. The molecule has 1 heterocycles. The van der Waals surface area contributed by atoms with Gasteiger partial charge in [-0.1, -0.05) is 12.1 Å². The Kier molecular flexibility index (Phi) is 6.10. The average molecular weight is 423 g/mol. The van der Waals surface area contributed by atoms with Crippen LogP contribution in [-0.2, 0) is 4.74 Å². The topological polar surface area (TPSA) is 49.9 Å². The molecule has 1 aliphatic heterocycles. The van der Waals surface area contributed by atoms with E-state index in [0.717, 1.165) is 3.57 Å². The van der Waals surface area contributed by atoms with Crippen molar-refractivity contribution in [1.82, 2.24) is 9.80 Å². The van der Waals surface area contributed by atoms with E-state index in [9.17, 15) is 9.59 Å². The Balaban J connectivity index is 1.91. The van der Waals surface area contributed by atoms with Crippen LogP contribution in [0.25, 0.3) is 0 Å². The second-order valence-corrected chi connectivity index (χ2v) is 6.10. The normalized spacial score (nSPS) is 15.0. The minimum absolute atomic E-state index is 0.00813. The molecule has 0 N–H and O–H groups in total. The van der Waals surface area contributed by atoms with Crippen LogP contribution in [0.4, 0.5) is 4.79 Å². The van der Waals surface area contributed by atoms with Crippen molar-refractivity contribution < 1.29 is 14.3 Å². The molecule has 0 aromatic heterocycles. The lowest BCUT2D eigenvalue weighted by atomic mass is 10.2. The molecular weight excluding hydrogens is 407 g/mol. The van der Waals surface area contributed by atoms with E-state index in [2.05, 4.69) is 22.6 Å². The number of rotatable bonds is 3. The van der Waals surface area contributed by atoms with Crippen molar-refractivity contribution in [3.8, 4) is 0 Å². The van der Waals surface area contributed by atoms with Gasteiger partial charge in [0.15, 0.2) is 0 Å². The first-order valence-corrected chi connectivity index (χ1v) is 8.26. The first-order chi connectivity index (χ1) is 10.1. The van der Waals surface area contributed by atoms with Crippen LogP contribution in [0, 0.1) is 3.57 Å². The van der Waals surface area contributed by atoms with Crippen LogP contribution >= 0.6 is 34.2 Å². The van der Waals surface area contributed by atoms with Gasteiger partial charge in [0, 0.05) is 29.7 Å². The summed E-state index contributed by atoms with van der Waals surface area (Å²) in [5, 5.41) is 0. The van der Waals surface area contributed by atoms with Crippen molar-refractivity contribution in [2.45, 2.75) is 0 Å². The molecule has 0 unspecified atom stereocenters. The Labute approximate surface area is 142 Å². The van der Waals surface area contributed by atoms with E-state index in [-0.39, 0.29) is 24.5 Å². The number of piperazine rings is 1. The predicted octanol–water partition coefficient (Wildman–Crippen LogP) is 2.42. The van der Waals surface area contributed by atoms with Crippen LogP contribution in [0.5, 0.6) is 0 Å². The molecule has 0 atom stereocenters. The molecule has 1 aromatic carbocycles. The number of halogens is 2. The second kappa shape index (κ2) is 7.84. The summed E-state index contributed by atoms with van der Waals surface area (Å²) in [6.45, 7) is 2.20. The second-order valence-electron chi connectivity index (χ2n) is 4.56. The molecule has 0 radical (unpaired) electrons. The highest BCUT2D eigenvalue weighted by atomic mass is 127. The quantitative estimate of drug-likeness (QED) is 0.555. The molecule has 0 saturated carbocycles. The standard InChI is InChI=1S/C14H16ClIN2O3/c15-5-10-21-14(20)18-8-6-17(7-9-18)13(19)11-3-1-2-4-12(11)16/h1-4H,5-10H2. The van der Waals surface area contributed by atoms with E-state index in [4.69, 9.17) is 16.3 Å². The summed E-state index contributed by atoms with van der Waals surface area (Å²) in [6, 6.07) is 7.50. The molecule has 0 bridgehead atoms. The number of benzene rings is 1. The highest BCUT2D eigenvalue weighted by Crippen LogP contribution is 2.15. The van der Waals surface area contributed by atoms with E-state index in [0.29, 0.717) is 31.7 Å². The lowest BCUT2D eigenvalue weighted by Crippen LogP contribution is -2.50. The third kappa shape index (κ3) is 4.23. The molecule has 114 valence electrons. The molecule has 2 rings (SSSR count). The number of amides is 2. The van der Waals surface area contributed by atoms with E-state index >= 15 is 0 Å². The van der Waals surface area contributed by atoms with Gasteiger partial charge in [-0.3, -0.25) is 4.79 Å². The molecule has 1 aliphatic rings. The third-order valence-electron chi connectivity index (χ3n) is 3.23. The summed E-state index contributed by atoms with van der Waals surface area (Å²) in [4.78, 5) is 27.5. The van der Waals surface area contributed by atoms with Gasteiger partial charge < -0.3 is 14.5 Å². The molecule has 1 saturated heterocycles. The summed E-state index contributed by atoms with van der Waals surface area (Å²) in [5.41, 5.74) is 0.705. The predicted molar refractivity (Wildman–Crippen MR) is 88.7 cm³/mol. The van der Waals surface area contributed by atoms with Crippen molar-refractivity contribution in [1.29, 1.82) is 0 Å². The smallest absolute Gasteiger partial charge is 0.409 e. The average Bonchev–Trinajstić information content (AvgIpc) is 2.52. The van der Waals surface area contributed by atoms with Crippen molar-refractivity contribution in [3.05, 3.63) is 33.4 Å². The van der Waals surface area contributed by atoms with Crippen molar-refractivity contribution >= 4 is 46.2 Å². The minimum atomic E-state index is -0.364. The van der Waals surface area contributed by atoms with Gasteiger partial charge >= 0.3 is 6.09 Å². The molecule has 7 heteroatoms.